The Bertz CT molecular complexity index is 2420. The molecular formula is C40H44FN7O8S. The molecule has 3 aliphatic heterocycles. The summed E-state index contributed by atoms with van der Waals surface area (Å²) in [5.41, 5.74) is 0.977. The third-order valence-corrected chi connectivity index (χ3v) is 12.2. The Morgan fingerprint density at radius 2 is 1.96 bits per heavy atom. The highest BCUT2D eigenvalue weighted by atomic mass is 32.2. The number of anilines is 2. The maximum atomic E-state index is 16.2. The number of piperidine rings is 1. The minimum Gasteiger partial charge on any atom is -0.492 e. The lowest BCUT2D eigenvalue weighted by molar-refractivity contribution is -0.112. The molecule has 0 spiro atoms. The number of thioether (sulfide) groups is 1. The van der Waals surface area contributed by atoms with Gasteiger partial charge in [0.05, 0.1) is 37.0 Å². The largest absolute Gasteiger partial charge is 0.492 e. The van der Waals surface area contributed by atoms with Crippen LogP contribution in [0.1, 0.15) is 66.4 Å². The normalized spacial score (nSPS) is 21.8. The summed E-state index contributed by atoms with van der Waals surface area (Å²) in [7, 11) is 1.44. The number of fused-ring (bicyclic) bond motifs is 2. The number of rotatable bonds is 12. The summed E-state index contributed by atoms with van der Waals surface area (Å²) in [5.74, 6) is -1.45. The molecule has 2 aromatic carbocycles. The van der Waals surface area contributed by atoms with Gasteiger partial charge in [0.25, 0.3) is 5.91 Å². The molecule has 0 radical (unpaired) electrons. The van der Waals surface area contributed by atoms with Gasteiger partial charge in [-0.2, -0.15) is 4.98 Å². The number of pyridine rings is 1. The third kappa shape index (κ3) is 7.33. The minimum absolute atomic E-state index is 0.00881. The summed E-state index contributed by atoms with van der Waals surface area (Å²) in [6, 6.07) is 8.45. The number of aliphatic imine (C=N–C) groups is 1. The lowest BCUT2D eigenvalue weighted by Gasteiger charge is -2.38. The van der Waals surface area contributed by atoms with Crippen molar-refractivity contribution in [1.29, 1.82) is 0 Å². The number of hydrogen-bond donors (Lipinski definition) is 2. The molecule has 15 nitrogen and oxygen atoms in total. The summed E-state index contributed by atoms with van der Waals surface area (Å²) in [6.07, 6.45) is 5.68. The summed E-state index contributed by atoms with van der Waals surface area (Å²) < 4.78 is 30.9. The van der Waals surface area contributed by atoms with Gasteiger partial charge in [0.1, 0.15) is 28.6 Å². The number of methoxy groups -OCH3 is 1. The van der Waals surface area contributed by atoms with E-state index in [0.717, 1.165) is 43.9 Å². The van der Waals surface area contributed by atoms with Crippen LogP contribution < -0.4 is 25.7 Å². The SMILES string of the molecule is CCN(CC1CCCN(CN2C(=O)C(=Nc3ccn(C4CSC(CO)O4)c(=O)n3)c3cc(C)ccc32)C1)c1c(F)cc2c(=O)c(C(=O)O)cn(C3CC3)c2c1OC. The minimum atomic E-state index is -1.36. The summed E-state index contributed by atoms with van der Waals surface area (Å²) >= 11 is 1.41. The molecule has 3 fully saturated rings. The quantitative estimate of drug-likeness (QED) is 0.209. The van der Waals surface area contributed by atoms with Crippen LogP contribution in [0, 0.1) is 18.7 Å². The van der Waals surface area contributed by atoms with Crippen LogP contribution >= 0.6 is 11.8 Å². The highest BCUT2D eigenvalue weighted by molar-refractivity contribution is 8.00. The van der Waals surface area contributed by atoms with Crippen molar-refractivity contribution in [3.63, 3.8) is 0 Å². The number of nitrogens with zero attached hydrogens (tertiary/aromatic N) is 7. The van der Waals surface area contributed by atoms with Gasteiger partial charge in [-0.3, -0.25) is 24.0 Å². The Labute approximate surface area is 331 Å². The number of hydrogen-bond acceptors (Lipinski definition) is 12. The van der Waals surface area contributed by atoms with E-state index in [1.807, 2.05) is 36.9 Å². The molecule has 1 amide bonds. The van der Waals surface area contributed by atoms with Crippen LogP contribution in [0.2, 0.25) is 0 Å². The van der Waals surface area contributed by atoms with Crippen molar-refractivity contribution in [2.45, 2.75) is 57.2 Å². The van der Waals surface area contributed by atoms with E-state index in [4.69, 9.17) is 9.47 Å². The Kier molecular flexibility index (Phi) is 10.7. The van der Waals surface area contributed by atoms with Gasteiger partial charge < -0.3 is 29.2 Å². The smallest absolute Gasteiger partial charge is 0.351 e. The number of benzene rings is 2. The topological polar surface area (TPSA) is 172 Å². The summed E-state index contributed by atoms with van der Waals surface area (Å²) in [6.45, 7) is 6.29. The van der Waals surface area contributed by atoms with Crippen LogP contribution in [0.3, 0.4) is 0 Å². The molecule has 1 aliphatic carbocycles. The fourth-order valence-corrected chi connectivity index (χ4v) is 9.13. The number of ether oxygens (including phenoxy) is 2. The predicted octanol–water partition coefficient (Wildman–Crippen LogP) is 4.29. The van der Waals surface area contributed by atoms with Gasteiger partial charge in [0.15, 0.2) is 17.4 Å². The number of aliphatic hydroxyl groups excluding tert-OH is 1. The van der Waals surface area contributed by atoms with Crippen molar-refractivity contribution in [2.24, 2.45) is 10.9 Å². The van der Waals surface area contributed by atoms with Crippen molar-refractivity contribution >= 4 is 57.4 Å². The molecule has 3 unspecified atom stereocenters. The highest BCUT2D eigenvalue weighted by Gasteiger charge is 2.37. The number of likely N-dealkylation sites (tertiary alicyclic amines) is 1. The van der Waals surface area contributed by atoms with Crippen molar-refractivity contribution in [3.8, 4) is 5.75 Å². The molecular weight excluding hydrogens is 758 g/mol. The first-order chi connectivity index (χ1) is 27.5. The highest BCUT2D eigenvalue weighted by Crippen LogP contribution is 2.44. The van der Waals surface area contributed by atoms with Gasteiger partial charge in [-0.1, -0.05) is 11.6 Å². The molecule has 4 aliphatic rings. The fourth-order valence-electron chi connectivity index (χ4n) is 8.20. The molecule has 300 valence electrons. The Morgan fingerprint density at radius 1 is 1.16 bits per heavy atom. The Morgan fingerprint density at radius 3 is 2.65 bits per heavy atom. The van der Waals surface area contributed by atoms with E-state index in [2.05, 4.69) is 14.9 Å². The molecule has 17 heteroatoms. The van der Waals surface area contributed by atoms with Crippen molar-refractivity contribution < 1.29 is 33.7 Å². The van der Waals surface area contributed by atoms with Crippen LogP contribution in [-0.4, -0.2) is 105 Å². The third-order valence-electron chi connectivity index (χ3n) is 11.1. The second kappa shape index (κ2) is 15.7. The van der Waals surface area contributed by atoms with Gasteiger partial charge in [0.2, 0.25) is 5.43 Å². The van der Waals surface area contributed by atoms with E-state index in [1.54, 1.807) is 21.7 Å². The van der Waals surface area contributed by atoms with Crippen LogP contribution in [0.4, 0.5) is 21.6 Å². The van der Waals surface area contributed by atoms with E-state index in [9.17, 15) is 29.4 Å². The molecule has 2 saturated heterocycles. The standard InChI is InChI=1S/C40H44FN7O8S/c1-4-45(35-28(41)15-26-34(37(35)55-3)47(24-8-9-24)18-27(36(26)50)39(52)53)17-23-6-5-12-44(16-23)21-48-29-10-7-22(2)14-25(29)33(38(48)51)42-30-11-13-46(40(54)43-30)31-20-57-32(19-49)56-31/h7,10-11,13-15,18,23-24,31-32,49H,4-6,8-9,12,16-17,19-21H2,1-3H3,(H,52,53). The molecule has 1 saturated carbocycles. The number of halogens is 1. The number of carbonyl (C=O) groups is 2. The average Bonchev–Trinajstić information content (AvgIpc) is 3.88. The fraction of sp³-hybridized carbons (Fsp3) is 0.450. The van der Waals surface area contributed by atoms with Crippen LogP contribution in [0.15, 0.2) is 57.3 Å². The van der Waals surface area contributed by atoms with E-state index in [-0.39, 0.29) is 52.8 Å². The molecule has 0 bridgehead atoms. The average molecular weight is 802 g/mol. The van der Waals surface area contributed by atoms with Gasteiger partial charge in [-0.25, -0.2) is 19.0 Å². The van der Waals surface area contributed by atoms with E-state index >= 15 is 4.39 Å². The first kappa shape index (κ1) is 38.8. The second-order valence-corrected chi connectivity index (χ2v) is 16.1. The number of carbonyl (C=O) groups excluding carboxylic acids is 1. The zero-order chi connectivity index (χ0) is 40.1. The van der Waals surface area contributed by atoms with Crippen molar-refractivity contribution in [2.75, 3.05) is 62.1 Å². The first-order valence-electron chi connectivity index (χ1n) is 19.1. The monoisotopic (exact) mass is 801 g/mol. The van der Waals surface area contributed by atoms with Gasteiger partial charge in [0, 0.05) is 49.4 Å². The van der Waals surface area contributed by atoms with E-state index in [0.29, 0.717) is 48.8 Å². The number of aryl methyl sites for hydroxylation is 1. The van der Waals surface area contributed by atoms with Gasteiger partial charge in [-0.15, -0.1) is 11.8 Å². The predicted molar refractivity (Wildman–Crippen MR) is 214 cm³/mol. The van der Waals surface area contributed by atoms with Crippen molar-refractivity contribution in [3.05, 3.63) is 85.9 Å². The van der Waals surface area contributed by atoms with Crippen molar-refractivity contribution in [1.82, 2.24) is 19.0 Å². The molecule has 2 aromatic heterocycles. The number of aromatic nitrogens is 3. The number of carboxylic acid groups (broad SMARTS) is 1. The molecule has 4 aromatic rings. The maximum Gasteiger partial charge on any atom is 0.351 e. The lowest BCUT2D eigenvalue weighted by Crippen LogP contribution is -2.47. The van der Waals surface area contributed by atoms with Crippen LogP contribution in [0.25, 0.3) is 10.9 Å². The van der Waals surface area contributed by atoms with E-state index < -0.39 is 40.1 Å². The van der Waals surface area contributed by atoms with Crippen LogP contribution in [0.5, 0.6) is 5.75 Å². The molecule has 5 heterocycles. The number of amides is 1. The molecule has 2 N–H and O–H groups in total. The Hall–Kier alpha value is -5.10. The number of carboxylic acids is 1. The molecule has 57 heavy (non-hydrogen) atoms. The van der Waals surface area contributed by atoms with Crippen LogP contribution in [-0.2, 0) is 9.53 Å². The van der Waals surface area contributed by atoms with Gasteiger partial charge in [-0.05, 0) is 76.3 Å². The maximum absolute atomic E-state index is 16.2. The number of aromatic carboxylic acids is 1. The zero-order valence-corrected chi connectivity index (χ0v) is 32.7. The summed E-state index contributed by atoms with van der Waals surface area (Å²) in [4.78, 5) is 66.9. The summed E-state index contributed by atoms with van der Waals surface area (Å²) in [5, 5.41) is 19.1. The van der Waals surface area contributed by atoms with E-state index in [1.165, 1.54) is 29.6 Å². The zero-order valence-electron chi connectivity index (χ0n) is 31.9. The Balaban J connectivity index is 1.03. The molecule has 3 atom stereocenters. The molecule has 8 rings (SSSR count). The second-order valence-electron chi connectivity index (χ2n) is 14.9. The number of aliphatic hydroxyl groups is 1. The first-order valence-corrected chi connectivity index (χ1v) is 20.2. The lowest BCUT2D eigenvalue weighted by atomic mass is 9.97. The van der Waals surface area contributed by atoms with Gasteiger partial charge >= 0.3 is 11.7 Å².